The van der Waals surface area contributed by atoms with E-state index in [1.54, 1.807) is 36.4 Å². The molecule has 0 aliphatic rings. The molecule has 6 nitrogen and oxygen atoms in total. The van der Waals surface area contributed by atoms with Crippen molar-refractivity contribution in [3.8, 4) is 11.8 Å². The SMILES string of the molecule is CC(OC(=O)/C=C/c1ccc(OCC#N)cc1)C(=O)Nc1ccc2ccccc2c1. The average Bonchev–Trinajstić information content (AvgIpc) is 2.76. The summed E-state index contributed by atoms with van der Waals surface area (Å²) in [6.07, 6.45) is 1.88. The molecule has 30 heavy (non-hydrogen) atoms. The minimum Gasteiger partial charge on any atom is -0.479 e. The van der Waals surface area contributed by atoms with Crippen molar-refractivity contribution in [2.75, 3.05) is 11.9 Å². The standard InChI is InChI=1S/C24H20N2O4/c1-17(24(28)26-21-10-9-19-4-2-3-5-20(19)16-21)30-23(27)13-8-18-6-11-22(12-7-18)29-15-14-25/h2-13,16-17H,15H2,1H3,(H,26,28)/b13-8+. The highest BCUT2D eigenvalue weighted by molar-refractivity contribution is 5.98. The van der Waals surface area contributed by atoms with Crippen LogP contribution in [0.5, 0.6) is 5.75 Å². The third kappa shape index (κ3) is 5.69. The van der Waals surface area contributed by atoms with E-state index in [0.717, 1.165) is 16.3 Å². The third-order valence-electron chi connectivity index (χ3n) is 4.27. The van der Waals surface area contributed by atoms with Crippen molar-refractivity contribution in [2.24, 2.45) is 0 Å². The summed E-state index contributed by atoms with van der Waals surface area (Å²) in [5, 5.41) is 13.3. The van der Waals surface area contributed by atoms with Crippen LogP contribution < -0.4 is 10.1 Å². The van der Waals surface area contributed by atoms with Gasteiger partial charge in [-0.05, 0) is 53.6 Å². The van der Waals surface area contributed by atoms with Crippen molar-refractivity contribution in [3.63, 3.8) is 0 Å². The molecule has 0 radical (unpaired) electrons. The van der Waals surface area contributed by atoms with Gasteiger partial charge in [0.2, 0.25) is 0 Å². The molecular weight excluding hydrogens is 380 g/mol. The number of nitrogens with zero attached hydrogens (tertiary/aromatic N) is 1. The number of benzene rings is 3. The zero-order valence-electron chi connectivity index (χ0n) is 16.4. The Morgan fingerprint density at radius 2 is 1.80 bits per heavy atom. The number of nitrogens with one attached hydrogen (secondary N) is 1. The third-order valence-corrected chi connectivity index (χ3v) is 4.27. The van der Waals surface area contributed by atoms with Crippen molar-refractivity contribution in [1.82, 2.24) is 0 Å². The molecule has 0 saturated carbocycles. The summed E-state index contributed by atoms with van der Waals surface area (Å²) in [5.41, 5.74) is 1.39. The molecule has 6 heteroatoms. The van der Waals surface area contributed by atoms with Gasteiger partial charge < -0.3 is 14.8 Å². The second kappa shape index (κ2) is 9.89. The molecule has 0 aliphatic heterocycles. The van der Waals surface area contributed by atoms with Crippen LogP contribution in [0.15, 0.2) is 72.8 Å². The van der Waals surface area contributed by atoms with Crippen molar-refractivity contribution in [3.05, 3.63) is 78.4 Å². The second-order valence-electron chi connectivity index (χ2n) is 6.48. The van der Waals surface area contributed by atoms with Gasteiger partial charge >= 0.3 is 5.97 Å². The summed E-state index contributed by atoms with van der Waals surface area (Å²) in [7, 11) is 0. The number of fused-ring (bicyclic) bond motifs is 1. The Morgan fingerprint density at radius 1 is 1.07 bits per heavy atom. The first-order valence-electron chi connectivity index (χ1n) is 9.33. The summed E-state index contributed by atoms with van der Waals surface area (Å²) in [6, 6.07) is 22.2. The van der Waals surface area contributed by atoms with Crippen LogP contribution in [0.4, 0.5) is 5.69 Å². The molecule has 0 aromatic heterocycles. The lowest BCUT2D eigenvalue weighted by Crippen LogP contribution is -2.29. The molecule has 0 saturated heterocycles. The van der Waals surface area contributed by atoms with E-state index in [9.17, 15) is 9.59 Å². The number of carbonyl (C=O) groups is 2. The predicted molar refractivity (Wildman–Crippen MR) is 115 cm³/mol. The molecule has 0 aliphatic carbocycles. The van der Waals surface area contributed by atoms with Crippen LogP contribution in [0.2, 0.25) is 0 Å². The Hall–Kier alpha value is -4.11. The molecule has 150 valence electrons. The molecule has 3 aromatic carbocycles. The summed E-state index contributed by atoms with van der Waals surface area (Å²) in [5.74, 6) is -0.470. The number of anilines is 1. The zero-order chi connectivity index (χ0) is 21.3. The predicted octanol–water partition coefficient (Wildman–Crippen LogP) is 4.33. The first kappa shape index (κ1) is 20.6. The Kier molecular flexibility index (Phi) is 6.80. The van der Waals surface area contributed by atoms with E-state index in [0.29, 0.717) is 11.4 Å². The lowest BCUT2D eigenvalue weighted by Gasteiger charge is -2.13. The van der Waals surface area contributed by atoms with Crippen molar-refractivity contribution < 1.29 is 19.1 Å². The molecule has 1 N–H and O–H groups in total. The Balaban J connectivity index is 1.53. The molecule has 0 bridgehead atoms. The first-order valence-corrected chi connectivity index (χ1v) is 9.33. The van der Waals surface area contributed by atoms with Gasteiger partial charge in [0.1, 0.15) is 11.8 Å². The Bertz CT molecular complexity index is 1110. The fraction of sp³-hybridized carbons (Fsp3) is 0.125. The highest BCUT2D eigenvalue weighted by Gasteiger charge is 2.16. The van der Waals surface area contributed by atoms with Crippen LogP contribution in [0.25, 0.3) is 16.8 Å². The second-order valence-corrected chi connectivity index (χ2v) is 6.48. The highest BCUT2D eigenvalue weighted by atomic mass is 16.5. The van der Waals surface area contributed by atoms with E-state index >= 15 is 0 Å². The van der Waals surface area contributed by atoms with E-state index in [-0.39, 0.29) is 6.61 Å². The minimum absolute atomic E-state index is 0.0271. The van der Waals surface area contributed by atoms with Crippen LogP contribution in [-0.2, 0) is 14.3 Å². The van der Waals surface area contributed by atoms with Crippen molar-refractivity contribution in [1.29, 1.82) is 5.26 Å². The fourth-order valence-corrected chi connectivity index (χ4v) is 2.73. The van der Waals surface area contributed by atoms with Gasteiger partial charge in [-0.1, -0.05) is 42.5 Å². The van der Waals surface area contributed by atoms with Gasteiger partial charge in [-0.3, -0.25) is 4.79 Å². The lowest BCUT2D eigenvalue weighted by atomic mass is 10.1. The number of nitriles is 1. The monoisotopic (exact) mass is 400 g/mol. The first-order chi connectivity index (χ1) is 14.5. The number of carbonyl (C=O) groups excluding carboxylic acids is 2. The van der Waals surface area contributed by atoms with Gasteiger partial charge in [0.15, 0.2) is 12.7 Å². The van der Waals surface area contributed by atoms with Gasteiger partial charge in [-0.2, -0.15) is 5.26 Å². The maximum absolute atomic E-state index is 12.3. The largest absolute Gasteiger partial charge is 0.479 e. The van der Waals surface area contributed by atoms with E-state index in [1.807, 2.05) is 42.5 Å². The fourth-order valence-electron chi connectivity index (χ4n) is 2.73. The molecule has 3 aromatic rings. The number of ether oxygens (including phenoxy) is 2. The topological polar surface area (TPSA) is 88.4 Å². The highest BCUT2D eigenvalue weighted by Crippen LogP contribution is 2.19. The summed E-state index contributed by atoms with van der Waals surface area (Å²) >= 11 is 0. The Morgan fingerprint density at radius 3 is 2.53 bits per heavy atom. The molecular formula is C24H20N2O4. The average molecular weight is 400 g/mol. The molecule has 0 heterocycles. The number of rotatable bonds is 7. The van der Waals surface area contributed by atoms with Crippen LogP contribution in [0.1, 0.15) is 12.5 Å². The molecule has 0 fully saturated rings. The summed E-state index contributed by atoms with van der Waals surface area (Å²) < 4.78 is 10.3. The van der Waals surface area contributed by atoms with Crippen LogP contribution in [0, 0.1) is 11.3 Å². The molecule has 3 rings (SSSR count). The molecule has 1 atom stereocenters. The molecule has 1 unspecified atom stereocenters. The summed E-state index contributed by atoms with van der Waals surface area (Å²) in [4.78, 5) is 24.3. The number of esters is 1. The van der Waals surface area contributed by atoms with E-state index in [4.69, 9.17) is 14.7 Å². The van der Waals surface area contributed by atoms with E-state index in [2.05, 4.69) is 5.32 Å². The van der Waals surface area contributed by atoms with Gasteiger partial charge in [-0.15, -0.1) is 0 Å². The lowest BCUT2D eigenvalue weighted by molar-refractivity contribution is -0.148. The van der Waals surface area contributed by atoms with Gasteiger partial charge in [0.05, 0.1) is 0 Å². The quantitative estimate of drug-likeness (QED) is 0.471. The molecule has 0 spiro atoms. The Labute approximate surface area is 174 Å². The van der Waals surface area contributed by atoms with Crippen LogP contribution >= 0.6 is 0 Å². The van der Waals surface area contributed by atoms with E-state index < -0.39 is 18.0 Å². The number of hydrogen-bond acceptors (Lipinski definition) is 5. The van der Waals surface area contributed by atoms with Crippen molar-refractivity contribution >= 4 is 34.4 Å². The van der Waals surface area contributed by atoms with Gasteiger partial charge in [0, 0.05) is 11.8 Å². The van der Waals surface area contributed by atoms with Crippen LogP contribution in [0.3, 0.4) is 0 Å². The smallest absolute Gasteiger partial charge is 0.331 e. The normalized spacial score (nSPS) is 11.6. The number of hydrogen-bond donors (Lipinski definition) is 1. The minimum atomic E-state index is -0.949. The van der Waals surface area contributed by atoms with Crippen molar-refractivity contribution in [2.45, 2.75) is 13.0 Å². The van der Waals surface area contributed by atoms with Crippen LogP contribution in [-0.4, -0.2) is 24.6 Å². The maximum atomic E-state index is 12.3. The van der Waals surface area contributed by atoms with Gasteiger partial charge in [0.25, 0.3) is 5.91 Å². The molecule has 1 amide bonds. The maximum Gasteiger partial charge on any atom is 0.331 e. The zero-order valence-corrected chi connectivity index (χ0v) is 16.4. The van der Waals surface area contributed by atoms with Gasteiger partial charge in [-0.25, -0.2) is 4.79 Å². The summed E-state index contributed by atoms with van der Waals surface area (Å²) in [6.45, 7) is 1.49. The number of amides is 1. The van der Waals surface area contributed by atoms with E-state index in [1.165, 1.54) is 13.0 Å².